The first-order valence-corrected chi connectivity index (χ1v) is 10.1. The zero-order chi connectivity index (χ0) is 18.9. The summed E-state index contributed by atoms with van der Waals surface area (Å²) < 4.78 is 2.50. The fourth-order valence-corrected chi connectivity index (χ4v) is 4.55. The van der Waals surface area contributed by atoms with E-state index in [1.165, 1.54) is 44.4 Å². The Kier molecular flexibility index (Phi) is 4.26. The molecule has 0 radical (unpaired) electrons. The predicted octanol–water partition coefficient (Wildman–Crippen LogP) is 6.54. The number of hydrogen-bond donors (Lipinski definition) is 0. The summed E-state index contributed by atoms with van der Waals surface area (Å²) in [6.07, 6.45) is 16.3. The van der Waals surface area contributed by atoms with Crippen LogP contribution >= 0.6 is 0 Å². The van der Waals surface area contributed by atoms with Gasteiger partial charge in [-0.25, -0.2) is 0 Å². The molecule has 1 nitrogen and oxygen atoms in total. The summed E-state index contributed by atoms with van der Waals surface area (Å²) in [6.45, 7) is 3.19. The van der Waals surface area contributed by atoms with Crippen molar-refractivity contribution in [2.45, 2.75) is 32.7 Å². The summed E-state index contributed by atoms with van der Waals surface area (Å²) in [5.41, 5.74) is 9.39. The van der Waals surface area contributed by atoms with E-state index >= 15 is 0 Å². The van der Waals surface area contributed by atoms with Crippen LogP contribution in [-0.2, 0) is 13.0 Å². The van der Waals surface area contributed by atoms with Crippen molar-refractivity contribution in [3.8, 4) is 0 Å². The molecular weight excluding hydrogens is 338 g/mol. The largest absolute Gasteiger partial charge is 0.339 e. The Hall–Kier alpha value is -3.24. The molecule has 2 aliphatic carbocycles. The van der Waals surface area contributed by atoms with Crippen LogP contribution in [0.15, 0.2) is 72.9 Å². The maximum Gasteiger partial charge on any atom is 0.0656 e. The third-order valence-corrected chi connectivity index (χ3v) is 5.77. The molecule has 0 atom stereocenters. The minimum absolute atomic E-state index is 0.944. The fraction of sp³-hybridized carbons (Fsp3) is 0.185. The van der Waals surface area contributed by atoms with Gasteiger partial charge in [0.15, 0.2) is 0 Å². The molecule has 0 bridgehead atoms. The van der Waals surface area contributed by atoms with E-state index in [0.717, 1.165) is 25.8 Å². The molecule has 3 aromatic rings. The Morgan fingerprint density at radius 1 is 1.07 bits per heavy atom. The highest BCUT2D eigenvalue weighted by molar-refractivity contribution is 5.99. The Labute approximate surface area is 167 Å². The summed E-state index contributed by atoms with van der Waals surface area (Å²) in [6, 6.07) is 19.7. The molecule has 0 unspecified atom stereocenters. The summed E-state index contributed by atoms with van der Waals surface area (Å²) in [4.78, 5) is 0. The molecule has 5 rings (SSSR count). The molecule has 0 amide bonds. The van der Waals surface area contributed by atoms with Crippen molar-refractivity contribution in [2.24, 2.45) is 0 Å². The van der Waals surface area contributed by atoms with Crippen LogP contribution in [0, 0.1) is 12.1 Å². The molecule has 1 heteroatoms. The monoisotopic (exact) mass is 361 g/mol. The molecule has 0 saturated heterocycles. The second-order valence-corrected chi connectivity index (χ2v) is 7.35. The Morgan fingerprint density at radius 2 is 1.96 bits per heavy atom. The molecule has 0 saturated carbocycles. The van der Waals surface area contributed by atoms with E-state index in [0.29, 0.717) is 0 Å². The van der Waals surface area contributed by atoms with Crippen molar-refractivity contribution in [2.75, 3.05) is 0 Å². The third kappa shape index (κ3) is 2.65. The molecular formula is C27H23N. The maximum absolute atomic E-state index is 3.46. The van der Waals surface area contributed by atoms with Crippen LogP contribution in [0.4, 0.5) is 0 Å². The highest BCUT2D eigenvalue weighted by Gasteiger charge is 2.25. The van der Waals surface area contributed by atoms with Gasteiger partial charge in [-0.15, -0.1) is 0 Å². The van der Waals surface area contributed by atoms with E-state index in [4.69, 9.17) is 0 Å². The maximum atomic E-state index is 3.46. The van der Waals surface area contributed by atoms with Gasteiger partial charge in [-0.05, 0) is 49.0 Å². The number of rotatable bonds is 3. The first kappa shape index (κ1) is 16.9. The van der Waals surface area contributed by atoms with Gasteiger partial charge >= 0.3 is 0 Å². The van der Waals surface area contributed by atoms with E-state index in [-0.39, 0.29) is 0 Å². The van der Waals surface area contributed by atoms with Crippen LogP contribution in [0.2, 0.25) is 0 Å². The third-order valence-electron chi connectivity index (χ3n) is 5.77. The van der Waals surface area contributed by atoms with Gasteiger partial charge in [0.2, 0.25) is 0 Å². The Bertz CT molecular complexity index is 1150. The van der Waals surface area contributed by atoms with Gasteiger partial charge in [0, 0.05) is 17.7 Å². The molecule has 0 aliphatic heterocycles. The van der Waals surface area contributed by atoms with Crippen molar-refractivity contribution >= 4 is 22.0 Å². The Balaban J connectivity index is 1.79. The van der Waals surface area contributed by atoms with Gasteiger partial charge in [0.25, 0.3) is 0 Å². The smallest absolute Gasteiger partial charge is 0.0656 e. The number of fused-ring (bicyclic) bond motifs is 3. The van der Waals surface area contributed by atoms with E-state index in [1.807, 2.05) is 0 Å². The normalized spacial score (nSPS) is 15.6. The van der Waals surface area contributed by atoms with Gasteiger partial charge in [-0.1, -0.05) is 78.9 Å². The van der Waals surface area contributed by atoms with Crippen LogP contribution in [-0.4, -0.2) is 4.57 Å². The van der Waals surface area contributed by atoms with Gasteiger partial charge < -0.3 is 4.57 Å². The SMILES string of the molecule is CCn1c2c(c3c#ccc(C4=CC=CC=CC4)c31)CCC=C2c1ccccc1. The second kappa shape index (κ2) is 7.06. The molecule has 0 fully saturated rings. The lowest BCUT2D eigenvalue weighted by Crippen LogP contribution is -2.07. The summed E-state index contributed by atoms with van der Waals surface area (Å²) in [5.74, 6) is 0. The minimum atomic E-state index is 0.944. The van der Waals surface area contributed by atoms with Gasteiger partial charge in [0.05, 0.1) is 16.6 Å². The molecule has 0 N–H and O–H groups in total. The highest BCUT2D eigenvalue weighted by atomic mass is 15.0. The lowest BCUT2D eigenvalue weighted by atomic mass is 9.90. The van der Waals surface area contributed by atoms with Crippen LogP contribution in [0.25, 0.3) is 22.0 Å². The molecule has 136 valence electrons. The second-order valence-electron chi connectivity index (χ2n) is 7.35. The molecule has 28 heavy (non-hydrogen) atoms. The van der Waals surface area contributed by atoms with Crippen molar-refractivity contribution in [1.29, 1.82) is 0 Å². The fourth-order valence-electron chi connectivity index (χ4n) is 4.55. The average molecular weight is 361 g/mol. The zero-order valence-corrected chi connectivity index (χ0v) is 16.2. The van der Waals surface area contributed by atoms with Crippen molar-refractivity contribution < 1.29 is 0 Å². The lowest BCUT2D eigenvalue weighted by molar-refractivity contribution is 0.773. The van der Waals surface area contributed by atoms with E-state index in [1.54, 1.807) is 0 Å². The van der Waals surface area contributed by atoms with Gasteiger partial charge in [-0.3, -0.25) is 0 Å². The number of nitrogens with zero attached hydrogens (tertiary/aromatic N) is 1. The van der Waals surface area contributed by atoms with Crippen LogP contribution in [0.5, 0.6) is 0 Å². The van der Waals surface area contributed by atoms with E-state index in [2.05, 4.69) is 96.5 Å². The van der Waals surface area contributed by atoms with E-state index in [9.17, 15) is 0 Å². The summed E-state index contributed by atoms with van der Waals surface area (Å²) >= 11 is 0. The lowest BCUT2D eigenvalue weighted by Gasteiger charge is -2.18. The van der Waals surface area contributed by atoms with Crippen LogP contribution in [0.1, 0.15) is 42.1 Å². The standard InChI is InChI=1S/C27H23N/c1-2-28-26-22(20-12-6-3-4-7-13-20)16-10-18-24(26)25-19-11-17-23(27(25)28)21-14-8-5-9-15-21/h3-9,12,14-17H,2,11,13,19H2,1H3. The minimum Gasteiger partial charge on any atom is -0.339 e. The zero-order valence-electron chi connectivity index (χ0n) is 16.2. The summed E-state index contributed by atoms with van der Waals surface area (Å²) in [5, 5.41) is 1.24. The van der Waals surface area contributed by atoms with Crippen LogP contribution < -0.4 is 0 Å². The number of hydrogen-bond acceptors (Lipinski definition) is 0. The number of allylic oxidation sites excluding steroid dienone is 7. The topological polar surface area (TPSA) is 4.93 Å². The first-order chi connectivity index (χ1) is 13.9. The molecule has 2 aromatic carbocycles. The molecule has 2 aliphatic rings. The van der Waals surface area contributed by atoms with Crippen molar-refractivity contribution in [3.63, 3.8) is 0 Å². The van der Waals surface area contributed by atoms with Gasteiger partial charge in [0.1, 0.15) is 0 Å². The van der Waals surface area contributed by atoms with Crippen LogP contribution in [0.3, 0.4) is 0 Å². The van der Waals surface area contributed by atoms with E-state index < -0.39 is 0 Å². The number of benzene rings is 1. The Morgan fingerprint density at radius 3 is 2.82 bits per heavy atom. The molecule has 1 aromatic heterocycles. The predicted molar refractivity (Wildman–Crippen MR) is 118 cm³/mol. The molecule has 0 spiro atoms. The highest BCUT2D eigenvalue weighted by Crippen LogP contribution is 2.40. The summed E-state index contributed by atoms with van der Waals surface area (Å²) in [7, 11) is 0. The number of aromatic nitrogens is 1. The van der Waals surface area contributed by atoms with Crippen molar-refractivity contribution in [3.05, 3.63) is 107 Å². The van der Waals surface area contributed by atoms with Crippen molar-refractivity contribution in [1.82, 2.24) is 4.57 Å². The quantitative estimate of drug-likeness (QED) is 0.499. The number of aryl methyl sites for hydroxylation is 2. The molecule has 1 heterocycles. The average Bonchev–Trinajstić information content (AvgIpc) is 2.90. The first-order valence-electron chi connectivity index (χ1n) is 10.1. The van der Waals surface area contributed by atoms with Gasteiger partial charge in [-0.2, -0.15) is 0 Å².